The third kappa shape index (κ3) is 5.31. The van der Waals surface area contributed by atoms with E-state index in [0.717, 1.165) is 11.1 Å². The summed E-state index contributed by atoms with van der Waals surface area (Å²) in [5.74, 6) is 0. The summed E-state index contributed by atoms with van der Waals surface area (Å²) in [6.45, 7) is 17.9. The lowest BCUT2D eigenvalue weighted by Crippen LogP contribution is -2.02. The Balaban J connectivity index is 5.04. The third-order valence-electron chi connectivity index (χ3n) is 1.80. The highest BCUT2D eigenvalue weighted by atomic mass is 32.2. The fourth-order valence-electron chi connectivity index (χ4n) is 0.818. The number of rotatable bonds is 6. The predicted molar refractivity (Wildman–Crippen MR) is 75.1 cm³/mol. The smallest absolute Gasteiger partial charge is 0.205 e. The van der Waals surface area contributed by atoms with Crippen molar-refractivity contribution in [3.05, 3.63) is 71.6 Å². The van der Waals surface area contributed by atoms with Gasteiger partial charge in [0.15, 0.2) is 0 Å². The molecule has 92 valence electrons. The van der Waals surface area contributed by atoms with Crippen LogP contribution in [0, 0.1) is 0 Å². The number of hydrogen-bond donors (Lipinski definition) is 0. The molecule has 0 aliphatic carbocycles. The van der Waals surface area contributed by atoms with Crippen molar-refractivity contribution in [3.63, 3.8) is 0 Å². The van der Waals surface area contributed by atoms with Crippen LogP contribution in [0.25, 0.3) is 0 Å². The molecule has 0 atom stereocenters. The molecular weight excluding hydrogens is 232 g/mol. The van der Waals surface area contributed by atoms with Crippen molar-refractivity contribution in [2.24, 2.45) is 0 Å². The van der Waals surface area contributed by atoms with E-state index in [0.29, 0.717) is 0 Å². The molecule has 2 nitrogen and oxygen atoms in total. The maximum absolute atomic E-state index is 11.9. The van der Waals surface area contributed by atoms with E-state index >= 15 is 0 Å². The first-order valence-corrected chi connectivity index (χ1v) is 6.46. The molecular formula is C14H18O2S. The van der Waals surface area contributed by atoms with E-state index in [1.807, 2.05) is 0 Å². The minimum atomic E-state index is -3.58. The molecule has 0 rings (SSSR count). The SMILES string of the molecule is C=C(C)/C=C\C(=C)S(=O)(=O)C(=C)/C=C\C(=C)C. The minimum Gasteiger partial charge on any atom is -0.219 e. The van der Waals surface area contributed by atoms with Crippen LogP contribution in [0.3, 0.4) is 0 Å². The zero-order chi connectivity index (χ0) is 13.6. The van der Waals surface area contributed by atoms with E-state index in [1.54, 1.807) is 26.0 Å². The lowest BCUT2D eigenvalue weighted by atomic mass is 10.3. The fourth-order valence-corrected chi connectivity index (χ4v) is 1.65. The Bertz CT molecular complexity index is 472. The monoisotopic (exact) mass is 250 g/mol. The van der Waals surface area contributed by atoms with Gasteiger partial charge in [0, 0.05) is 0 Å². The summed E-state index contributed by atoms with van der Waals surface area (Å²) >= 11 is 0. The van der Waals surface area contributed by atoms with E-state index < -0.39 is 9.84 Å². The molecule has 17 heavy (non-hydrogen) atoms. The fraction of sp³-hybridized carbons (Fsp3) is 0.143. The molecule has 0 radical (unpaired) electrons. The van der Waals surface area contributed by atoms with E-state index in [9.17, 15) is 8.42 Å². The van der Waals surface area contributed by atoms with Crippen LogP contribution < -0.4 is 0 Å². The minimum absolute atomic E-state index is 0.00290. The molecule has 0 saturated carbocycles. The van der Waals surface area contributed by atoms with Crippen LogP contribution >= 0.6 is 0 Å². The molecule has 0 N–H and O–H groups in total. The average Bonchev–Trinajstić information content (AvgIpc) is 2.21. The van der Waals surface area contributed by atoms with E-state index in [4.69, 9.17) is 0 Å². The second kappa shape index (κ2) is 6.21. The molecule has 0 unspecified atom stereocenters. The summed E-state index contributed by atoms with van der Waals surface area (Å²) in [6, 6.07) is 0. The molecule has 0 saturated heterocycles. The maximum atomic E-state index is 11.9. The summed E-state index contributed by atoms with van der Waals surface area (Å²) in [6.07, 6.45) is 6.01. The molecule has 0 bridgehead atoms. The number of hydrogen-bond acceptors (Lipinski definition) is 2. The van der Waals surface area contributed by atoms with Crippen LogP contribution in [0.1, 0.15) is 13.8 Å². The van der Waals surface area contributed by atoms with E-state index in [1.165, 1.54) is 12.2 Å². The van der Waals surface area contributed by atoms with Crippen molar-refractivity contribution < 1.29 is 8.42 Å². The largest absolute Gasteiger partial charge is 0.219 e. The second-order valence-electron chi connectivity index (χ2n) is 3.80. The van der Waals surface area contributed by atoms with Gasteiger partial charge in [0.1, 0.15) is 0 Å². The topological polar surface area (TPSA) is 34.1 Å². The van der Waals surface area contributed by atoms with Crippen LogP contribution in [-0.4, -0.2) is 8.42 Å². The van der Waals surface area contributed by atoms with Gasteiger partial charge >= 0.3 is 0 Å². The summed E-state index contributed by atoms with van der Waals surface area (Å²) in [5.41, 5.74) is 1.51. The van der Waals surface area contributed by atoms with Crippen molar-refractivity contribution in [2.45, 2.75) is 13.8 Å². The average molecular weight is 250 g/mol. The van der Waals surface area contributed by atoms with Gasteiger partial charge in [-0.25, -0.2) is 8.42 Å². The molecule has 0 aromatic carbocycles. The van der Waals surface area contributed by atoms with Crippen LogP contribution in [0.4, 0.5) is 0 Å². The van der Waals surface area contributed by atoms with Crippen molar-refractivity contribution >= 4 is 9.84 Å². The highest BCUT2D eigenvalue weighted by Gasteiger charge is 2.15. The molecule has 0 spiro atoms. The molecule has 0 fully saturated rings. The lowest BCUT2D eigenvalue weighted by Gasteiger charge is -2.03. The zero-order valence-electron chi connectivity index (χ0n) is 10.4. The summed E-state index contributed by atoms with van der Waals surface area (Å²) < 4.78 is 23.8. The van der Waals surface area contributed by atoms with Gasteiger partial charge in [-0.05, 0) is 26.0 Å². The molecule has 0 aromatic rings. The molecule has 0 heterocycles. The van der Waals surface area contributed by atoms with Gasteiger partial charge in [-0.1, -0.05) is 49.6 Å². The standard InChI is InChI=1S/C14H18O2S/c1-11(2)7-9-13(5)17(15,16)14(6)10-8-12(3)4/h7-10H,1,3,5-6H2,2,4H3/b9-7-,10-8-. The van der Waals surface area contributed by atoms with Gasteiger partial charge in [0.05, 0.1) is 9.81 Å². The van der Waals surface area contributed by atoms with Crippen molar-refractivity contribution in [2.75, 3.05) is 0 Å². The Hall–Kier alpha value is -1.61. The zero-order valence-corrected chi connectivity index (χ0v) is 11.2. The molecule has 0 aromatic heterocycles. The van der Waals surface area contributed by atoms with Gasteiger partial charge < -0.3 is 0 Å². The first kappa shape index (κ1) is 15.4. The normalized spacial score (nSPS) is 11.9. The Labute approximate surface area is 104 Å². The summed E-state index contributed by atoms with van der Waals surface area (Å²) in [4.78, 5) is -0.00580. The molecule has 0 aliphatic heterocycles. The van der Waals surface area contributed by atoms with Gasteiger partial charge in [0.25, 0.3) is 0 Å². The first-order valence-electron chi connectivity index (χ1n) is 4.98. The Morgan fingerprint density at radius 2 is 1.06 bits per heavy atom. The van der Waals surface area contributed by atoms with E-state index in [-0.39, 0.29) is 9.81 Å². The van der Waals surface area contributed by atoms with Crippen molar-refractivity contribution in [3.8, 4) is 0 Å². The Kier molecular flexibility index (Phi) is 5.62. The van der Waals surface area contributed by atoms with Crippen LogP contribution in [0.2, 0.25) is 0 Å². The number of sulfone groups is 1. The van der Waals surface area contributed by atoms with Gasteiger partial charge in [0.2, 0.25) is 9.84 Å². The van der Waals surface area contributed by atoms with Crippen LogP contribution in [0.5, 0.6) is 0 Å². The molecule has 0 aliphatic rings. The first-order chi connectivity index (χ1) is 7.67. The third-order valence-corrected chi connectivity index (χ3v) is 3.45. The van der Waals surface area contributed by atoms with Crippen molar-refractivity contribution in [1.82, 2.24) is 0 Å². The Morgan fingerprint density at radius 1 is 0.765 bits per heavy atom. The van der Waals surface area contributed by atoms with Crippen LogP contribution in [-0.2, 0) is 9.84 Å². The summed E-state index contributed by atoms with van der Waals surface area (Å²) in [5, 5.41) is 0. The maximum Gasteiger partial charge on any atom is 0.205 e. The van der Waals surface area contributed by atoms with Gasteiger partial charge in [-0.3, -0.25) is 0 Å². The number of allylic oxidation sites excluding steroid dienone is 6. The van der Waals surface area contributed by atoms with Crippen LogP contribution in [0.15, 0.2) is 71.6 Å². The van der Waals surface area contributed by atoms with Gasteiger partial charge in [-0.15, -0.1) is 0 Å². The predicted octanol–water partition coefficient (Wildman–Crippen LogP) is 3.69. The lowest BCUT2D eigenvalue weighted by molar-refractivity contribution is 0.609. The van der Waals surface area contributed by atoms with Gasteiger partial charge in [-0.2, -0.15) is 0 Å². The molecule has 0 amide bonds. The second-order valence-corrected chi connectivity index (χ2v) is 5.85. The highest BCUT2D eigenvalue weighted by Crippen LogP contribution is 2.17. The van der Waals surface area contributed by atoms with E-state index in [2.05, 4.69) is 26.3 Å². The van der Waals surface area contributed by atoms with Crippen molar-refractivity contribution in [1.29, 1.82) is 0 Å². The highest BCUT2D eigenvalue weighted by molar-refractivity contribution is 7.99. The quantitative estimate of drug-likeness (QED) is 0.674. The summed E-state index contributed by atoms with van der Waals surface area (Å²) in [7, 11) is -3.58. The molecule has 3 heteroatoms. The Morgan fingerprint density at radius 3 is 1.29 bits per heavy atom.